The van der Waals surface area contributed by atoms with Gasteiger partial charge in [-0.05, 0) is 55.5 Å². The number of aromatic nitrogens is 1. The number of amides is 1. The Balaban J connectivity index is 1.35. The van der Waals surface area contributed by atoms with Crippen molar-refractivity contribution in [1.29, 1.82) is 5.26 Å². The van der Waals surface area contributed by atoms with Crippen LogP contribution in [0.1, 0.15) is 36.8 Å². The summed E-state index contributed by atoms with van der Waals surface area (Å²) < 4.78 is 13.3. The number of anilines is 1. The zero-order valence-corrected chi connectivity index (χ0v) is 17.7. The predicted octanol–water partition coefficient (Wildman–Crippen LogP) is 2.95. The topological polar surface area (TPSA) is 97.5 Å². The number of pyridine rings is 1. The van der Waals surface area contributed by atoms with Crippen LogP contribution in [0.5, 0.6) is 0 Å². The molecule has 32 heavy (non-hydrogen) atoms. The number of halogens is 1. The molecule has 2 fully saturated rings. The fourth-order valence-corrected chi connectivity index (χ4v) is 4.76. The van der Waals surface area contributed by atoms with Crippen molar-refractivity contribution < 1.29 is 19.1 Å². The molecule has 166 valence electrons. The van der Waals surface area contributed by atoms with Crippen molar-refractivity contribution >= 4 is 17.7 Å². The summed E-state index contributed by atoms with van der Waals surface area (Å²) in [6.45, 7) is 2.16. The van der Waals surface area contributed by atoms with E-state index in [0.717, 1.165) is 5.82 Å². The van der Waals surface area contributed by atoms with Crippen LogP contribution in [0.4, 0.5) is 10.2 Å². The predicted molar refractivity (Wildman–Crippen MR) is 115 cm³/mol. The first-order valence-electron chi connectivity index (χ1n) is 10.8. The number of hydrogen-bond acceptors (Lipinski definition) is 5. The maximum absolute atomic E-state index is 13.3. The summed E-state index contributed by atoms with van der Waals surface area (Å²) in [6.07, 6.45) is 3.59. The highest BCUT2D eigenvalue weighted by Gasteiger charge is 2.44. The van der Waals surface area contributed by atoms with Crippen LogP contribution >= 0.6 is 0 Å². The number of rotatable bonds is 4. The molecule has 8 heteroatoms. The standard InChI is InChI=1S/C24H25FN4O3/c25-20-4-2-19(3-5-20)24(23(31)32)9-13-29(14-10-24)22(30)18-7-11-28(12-8-18)21-6-1-17(15-26)16-27-21/h1-6,16,18H,7-14H2,(H,31,32). The van der Waals surface area contributed by atoms with Gasteiger partial charge in [0, 0.05) is 38.3 Å². The maximum Gasteiger partial charge on any atom is 0.314 e. The molecule has 0 saturated carbocycles. The van der Waals surface area contributed by atoms with Crippen molar-refractivity contribution in [3.05, 3.63) is 59.5 Å². The Morgan fingerprint density at radius 3 is 2.25 bits per heavy atom. The average molecular weight is 436 g/mol. The van der Waals surface area contributed by atoms with Crippen LogP contribution in [0.3, 0.4) is 0 Å². The second-order valence-electron chi connectivity index (χ2n) is 8.50. The lowest BCUT2D eigenvalue weighted by atomic mass is 9.72. The fraction of sp³-hybridized carbons (Fsp3) is 0.417. The number of hydrogen-bond donors (Lipinski definition) is 1. The van der Waals surface area contributed by atoms with Gasteiger partial charge in [-0.25, -0.2) is 9.37 Å². The smallest absolute Gasteiger partial charge is 0.314 e. The molecule has 0 bridgehead atoms. The number of carbonyl (C=O) groups excluding carboxylic acids is 1. The van der Waals surface area contributed by atoms with E-state index >= 15 is 0 Å². The number of likely N-dealkylation sites (tertiary alicyclic amines) is 1. The number of carboxylic acids is 1. The quantitative estimate of drug-likeness (QED) is 0.792. The third kappa shape index (κ3) is 4.15. The molecule has 0 atom stereocenters. The lowest BCUT2D eigenvalue weighted by Crippen LogP contribution is -2.51. The van der Waals surface area contributed by atoms with Crippen molar-refractivity contribution in [2.24, 2.45) is 5.92 Å². The largest absolute Gasteiger partial charge is 0.481 e. The van der Waals surface area contributed by atoms with Gasteiger partial charge < -0.3 is 14.9 Å². The van der Waals surface area contributed by atoms with E-state index in [9.17, 15) is 19.1 Å². The summed E-state index contributed by atoms with van der Waals surface area (Å²) in [5, 5.41) is 18.8. The molecule has 0 aliphatic carbocycles. The number of aliphatic carboxylic acids is 1. The molecular formula is C24H25FN4O3. The van der Waals surface area contributed by atoms with Gasteiger partial charge in [-0.3, -0.25) is 9.59 Å². The summed E-state index contributed by atoms with van der Waals surface area (Å²) >= 11 is 0. The summed E-state index contributed by atoms with van der Waals surface area (Å²) in [4.78, 5) is 33.5. The highest BCUT2D eigenvalue weighted by atomic mass is 19.1. The molecule has 2 aromatic rings. The molecule has 3 heterocycles. The normalized spacial score (nSPS) is 18.8. The fourth-order valence-electron chi connectivity index (χ4n) is 4.76. The van der Waals surface area contributed by atoms with E-state index in [1.807, 2.05) is 6.07 Å². The second kappa shape index (κ2) is 8.95. The Labute approximate surface area is 186 Å². The third-order valence-electron chi connectivity index (χ3n) is 6.78. The maximum atomic E-state index is 13.3. The Kier molecular flexibility index (Phi) is 6.08. The van der Waals surface area contributed by atoms with Gasteiger partial charge in [-0.1, -0.05) is 12.1 Å². The van der Waals surface area contributed by atoms with E-state index in [2.05, 4.69) is 16.0 Å². The van der Waals surface area contributed by atoms with E-state index in [-0.39, 0.29) is 11.8 Å². The minimum Gasteiger partial charge on any atom is -0.481 e. The van der Waals surface area contributed by atoms with Gasteiger partial charge in [0.1, 0.15) is 17.7 Å². The first-order chi connectivity index (χ1) is 15.4. The molecule has 0 spiro atoms. The number of nitriles is 1. The van der Waals surface area contributed by atoms with Gasteiger partial charge >= 0.3 is 5.97 Å². The molecule has 1 aromatic heterocycles. The summed E-state index contributed by atoms with van der Waals surface area (Å²) in [5.74, 6) is -0.536. The SMILES string of the molecule is N#Cc1ccc(N2CCC(C(=O)N3CCC(C(=O)O)(c4ccc(F)cc4)CC3)CC2)nc1. The molecular weight excluding hydrogens is 411 g/mol. The summed E-state index contributed by atoms with van der Waals surface area (Å²) in [7, 11) is 0. The molecule has 0 radical (unpaired) electrons. The van der Waals surface area contributed by atoms with E-state index in [1.54, 1.807) is 17.2 Å². The Morgan fingerprint density at radius 1 is 1.06 bits per heavy atom. The van der Waals surface area contributed by atoms with Crippen molar-refractivity contribution in [3.63, 3.8) is 0 Å². The van der Waals surface area contributed by atoms with E-state index in [1.165, 1.54) is 24.3 Å². The molecule has 0 unspecified atom stereocenters. The lowest BCUT2D eigenvalue weighted by Gasteiger charge is -2.41. The molecule has 2 saturated heterocycles. The van der Waals surface area contributed by atoms with E-state index < -0.39 is 17.2 Å². The minimum atomic E-state index is -1.09. The van der Waals surface area contributed by atoms with Crippen molar-refractivity contribution in [3.8, 4) is 6.07 Å². The molecule has 1 aromatic carbocycles. The number of piperidine rings is 2. The van der Waals surface area contributed by atoms with Crippen LogP contribution in [0.15, 0.2) is 42.6 Å². The van der Waals surface area contributed by atoms with E-state index in [0.29, 0.717) is 63.0 Å². The third-order valence-corrected chi connectivity index (χ3v) is 6.78. The van der Waals surface area contributed by atoms with Crippen molar-refractivity contribution in [2.45, 2.75) is 31.1 Å². The Hall–Kier alpha value is -3.47. The van der Waals surface area contributed by atoms with Gasteiger partial charge in [0.2, 0.25) is 5.91 Å². The first-order valence-corrected chi connectivity index (χ1v) is 10.8. The van der Waals surface area contributed by atoms with Crippen LogP contribution in [-0.2, 0) is 15.0 Å². The minimum absolute atomic E-state index is 0.0792. The zero-order chi connectivity index (χ0) is 22.7. The molecule has 7 nitrogen and oxygen atoms in total. The number of carboxylic acid groups (broad SMARTS) is 1. The highest BCUT2D eigenvalue weighted by Crippen LogP contribution is 2.37. The van der Waals surface area contributed by atoms with Gasteiger partial charge in [0.25, 0.3) is 0 Å². The monoisotopic (exact) mass is 436 g/mol. The van der Waals surface area contributed by atoms with E-state index in [4.69, 9.17) is 5.26 Å². The molecule has 1 N–H and O–H groups in total. The lowest BCUT2D eigenvalue weighted by molar-refractivity contribution is -0.149. The van der Waals surface area contributed by atoms with Crippen LogP contribution in [0, 0.1) is 23.1 Å². The van der Waals surface area contributed by atoms with Crippen LogP contribution < -0.4 is 4.90 Å². The van der Waals surface area contributed by atoms with Crippen molar-refractivity contribution in [2.75, 3.05) is 31.1 Å². The molecule has 4 rings (SSSR count). The number of carbonyl (C=O) groups is 2. The number of benzene rings is 1. The van der Waals surface area contributed by atoms with Crippen LogP contribution in [0.25, 0.3) is 0 Å². The second-order valence-corrected chi connectivity index (χ2v) is 8.50. The Morgan fingerprint density at radius 2 is 1.72 bits per heavy atom. The number of nitrogens with zero attached hydrogens (tertiary/aromatic N) is 4. The summed E-state index contributed by atoms with van der Waals surface area (Å²) in [6, 6.07) is 11.3. The Bertz CT molecular complexity index is 1020. The first kappa shape index (κ1) is 21.8. The van der Waals surface area contributed by atoms with Gasteiger partial charge in [0.15, 0.2) is 0 Å². The van der Waals surface area contributed by atoms with Crippen LogP contribution in [-0.4, -0.2) is 53.0 Å². The highest BCUT2D eigenvalue weighted by molar-refractivity contribution is 5.83. The van der Waals surface area contributed by atoms with Gasteiger partial charge in [-0.15, -0.1) is 0 Å². The van der Waals surface area contributed by atoms with Gasteiger partial charge in [-0.2, -0.15) is 5.26 Å². The molecule has 2 aliphatic heterocycles. The summed E-state index contributed by atoms with van der Waals surface area (Å²) in [5.41, 5.74) is 0.0125. The van der Waals surface area contributed by atoms with Gasteiger partial charge in [0.05, 0.1) is 11.0 Å². The average Bonchev–Trinajstić information content (AvgIpc) is 2.84. The zero-order valence-electron chi connectivity index (χ0n) is 17.7. The molecule has 2 aliphatic rings. The van der Waals surface area contributed by atoms with Crippen molar-refractivity contribution in [1.82, 2.24) is 9.88 Å². The molecule has 1 amide bonds. The van der Waals surface area contributed by atoms with Crippen LogP contribution in [0.2, 0.25) is 0 Å².